The summed E-state index contributed by atoms with van der Waals surface area (Å²) in [5.41, 5.74) is 11.3. The quantitative estimate of drug-likeness (QED) is 0.0192. The number of fused-ring (bicyclic) bond motifs is 8. The van der Waals surface area contributed by atoms with Crippen molar-refractivity contribution in [2.45, 2.75) is 89.3 Å². The molecule has 4 aliphatic heterocycles. The number of ether oxygens (including phenoxy) is 8. The Bertz CT molecular complexity index is 3070. The lowest BCUT2D eigenvalue weighted by Gasteiger charge is -2.30. The molecule has 0 fully saturated rings. The van der Waals surface area contributed by atoms with Gasteiger partial charge in [-0.15, -0.1) is 0 Å². The van der Waals surface area contributed by atoms with Gasteiger partial charge in [-0.25, -0.2) is 4.79 Å². The smallest absolute Gasteiger partial charge is 0.431 e. The number of rotatable bonds is 30. The molecule has 9 rings (SSSR count). The third-order valence-corrected chi connectivity index (χ3v) is 16.7. The Labute approximate surface area is 487 Å². The molecule has 83 heavy (non-hydrogen) atoms. The van der Waals surface area contributed by atoms with Crippen molar-refractivity contribution in [1.29, 1.82) is 0 Å². The molecule has 0 saturated heterocycles. The van der Waals surface area contributed by atoms with E-state index in [1.165, 1.54) is 5.56 Å². The van der Waals surface area contributed by atoms with Crippen LogP contribution in [0.25, 0.3) is 0 Å². The monoisotopic (exact) mass is 1160 g/mol. The molecular weight excluding hydrogens is 1080 g/mol. The number of aliphatic hydroxyl groups is 1. The van der Waals surface area contributed by atoms with E-state index in [2.05, 4.69) is 69.8 Å². The van der Waals surface area contributed by atoms with Crippen LogP contribution in [-0.2, 0) is 54.6 Å². The number of benzene rings is 5. The molecule has 3 atom stereocenters. The van der Waals surface area contributed by atoms with Crippen LogP contribution in [0.2, 0.25) is 25.7 Å². The highest BCUT2D eigenvalue weighted by molar-refractivity contribution is 6.76. The zero-order chi connectivity index (χ0) is 58.3. The molecule has 4 N–H and O–H groups in total. The van der Waals surface area contributed by atoms with Crippen molar-refractivity contribution in [2.24, 2.45) is 4.99 Å². The Morgan fingerprint density at radius 2 is 1.45 bits per heavy atom. The SMILES string of the molecule is COCCOCCOCCN(CCCC(=O)NCCCONC(=O)OCC[Si](C)(C)C)c1cc(COc2cc3c(cc2OC)C(=O)N2c4ccccc4C[C@H]2C=N3)cc(COc2cc3c(cc2OC)C(O)N2c4ccccc4C[C@H]2CN3)c1. The van der Waals surface area contributed by atoms with Crippen molar-refractivity contribution in [3.63, 3.8) is 0 Å². The molecule has 0 bridgehead atoms. The van der Waals surface area contributed by atoms with Gasteiger partial charge in [0.2, 0.25) is 5.91 Å². The number of aliphatic imine (C=N–C) groups is 1. The number of hydrogen-bond acceptors (Lipinski definition) is 17. The van der Waals surface area contributed by atoms with Gasteiger partial charge < -0.3 is 63.4 Å². The van der Waals surface area contributed by atoms with Crippen LogP contribution in [0.15, 0.2) is 96.0 Å². The maximum Gasteiger partial charge on any atom is 0.431 e. The predicted molar refractivity (Wildman–Crippen MR) is 321 cm³/mol. The van der Waals surface area contributed by atoms with Gasteiger partial charge in [0.1, 0.15) is 13.2 Å². The van der Waals surface area contributed by atoms with Crippen LogP contribution in [0.3, 0.4) is 0 Å². The molecule has 3 amide bonds. The highest BCUT2D eigenvalue weighted by atomic mass is 28.3. The Balaban J connectivity index is 0.928. The van der Waals surface area contributed by atoms with Crippen LogP contribution in [0.5, 0.6) is 23.0 Å². The van der Waals surface area contributed by atoms with E-state index in [1.807, 2.05) is 60.8 Å². The van der Waals surface area contributed by atoms with Gasteiger partial charge in [-0.1, -0.05) is 56.0 Å². The lowest BCUT2D eigenvalue weighted by atomic mass is 10.1. The first-order valence-corrected chi connectivity index (χ1v) is 32.3. The summed E-state index contributed by atoms with van der Waals surface area (Å²) in [4.78, 5) is 55.6. The molecule has 0 radical (unpaired) electrons. The molecule has 0 spiro atoms. The van der Waals surface area contributed by atoms with E-state index in [-0.39, 0.29) is 50.1 Å². The lowest BCUT2D eigenvalue weighted by Crippen LogP contribution is -2.37. The van der Waals surface area contributed by atoms with Crippen molar-refractivity contribution >= 4 is 60.6 Å². The molecule has 0 saturated carbocycles. The van der Waals surface area contributed by atoms with Crippen LogP contribution in [0, 0.1) is 0 Å². The highest BCUT2D eigenvalue weighted by Gasteiger charge is 2.39. The number of carbonyl (C=O) groups excluding carboxylic acids is 3. The minimum atomic E-state index is -1.34. The minimum absolute atomic E-state index is 0.0550. The van der Waals surface area contributed by atoms with Gasteiger partial charge in [0, 0.05) is 101 Å². The van der Waals surface area contributed by atoms with Gasteiger partial charge in [0.15, 0.2) is 29.2 Å². The third kappa shape index (κ3) is 15.6. The molecule has 4 aliphatic rings. The number of nitrogens with zero attached hydrogens (tertiary/aromatic N) is 4. The van der Waals surface area contributed by atoms with Gasteiger partial charge in [0.25, 0.3) is 5.91 Å². The first kappa shape index (κ1) is 60.2. The van der Waals surface area contributed by atoms with E-state index in [0.29, 0.717) is 125 Å². The van der Waals surface area contributed by atoms with Gasteiger partial charge in [-0.2, -0.15) is 5.48 Å². The summed E-state index contributed by atoms with van der Waals surface area (Å²) >= 11 is 0. The first-order chi connectivity index (χ1) is 40.3. The van der Waals surface area contributed by atoms with E-state index in [1.54, 1.807) is 38.4 Å². The van der Waals surface area contributed by atoms with Crippen LogP contribution in [0.4, 0.5) is 33.2 Å². The number of carbonyl (C=O) groups is 3. The van der Waals surface area contributed by atoms with Gasteiger partial charge in [-0.05, 0) is 90.0 Å². The molecule has 444 valence electrons. The fraction of sp³-hybridized carbons (Fsp3) is 0.452. The topological polar surface area (TPSA) is 213 Å². The fourth-order valence-electron chi connectivity index (χ4n) is 10.7. The average Bonchev–Trinajstić information content (AvgIpc) is 3.86. The van der Waals surface area contributed by atoms with Crippen LogP contribution >= 0.6 is 0 Å². The van der Waals surface area contributed by atoms with Crippen molar-refractivity contribution in [3.8, 4) is 23.0 Å². The normalized spacial score (nSPS) is 16.5. The van der Waals surface area contributed by atoms with Gasteiger partial charge >= 0.3 is 6.09 Å². The minimum Gasteiger partial charge on any atom is -0.493 e. The van der Waals surface area contributed by atoms with Crippen LogP contribution in [0.1, 0.15) is 63.7 Å². The Hall–Kier alpha value is -7.40. The maximum absolute atomic E-state index is 14.2. The molecule has 5 aromatic rings. The molecule has 20 nitrogen and oxygen atoms in total. The number of aliphatic hydroxyl groups excluding tert-OH is 1. The Morgan fingerprint density at radius 3 is 2.18 bits per heavy atom. The molecule has 0 aromatic heterocycles. The number of para-hydroxylation sites is 2. The molecule has 0 aliphatic carbocycles. The zero-order valence-electron chi connectivity index (χ0n) is 48.5. The molecule has 5 aromatic carbocycles. The molecule has 4 heterocycles. The largest absolute Gasteiger partial charge is 0.493 e. The number of hydroxylamine groups is 1. The molecule has 21 heteroatoms. The summed E-state index contributed by atoms with van der Waals surface area (Å²) in [5.74, 6) is 1.49. The number of amides is 3. The Morgan fingerprint density at radius 1 is 0.759 bits per heavy atom. The second-order valence-corrected chi connectivity index (χ2v) is 27.7. The van der Waals surface area contributed by atoms with Crippen molar-refractivity contribution in [1.82, 2.24) is 10.8 Å². The van der Waals surface area contributed by atoms with Gasteiger partial charge in [0.05, 0.1) is 83.8 Å². The Kier molecular flexibility index (Phi) is 20.8. The van der Waals surface area contributed by atoms with E-state index in [4.69, 9.17) is 47.7 Å². The first-order valence-electron chi connectivity index (χ1n) is 28.6. The fourth-order valence-corrected chi connectivity index (χ4v) is 11.4. The van der Waals surface area contributed by atoms with Crippen molar-refractivity contribution in [2.75, 3.05) is 114 Å². The zero-order valence-corrected chi connectivity index (χ0v) is 49.5. The summed E-state index contributed by atoms with van der Waals surface area (Å²) in [7, 11) is 3.43. The summed E-state index contributed by atoms with van der Waals surface area (Å²) < 4.78 is 47.2. The third-order valence-electron chi connectivity index (χ3n) is 15.0. The highest BCUT2D eigenvalue weighted by Crippen LogP contribution is 2.46. The summed E-state index contributed by atoms with van der Waals surface area (Å²) in [6.45, 7) is 11.5. The second kappa shape index (κ2) is 28.7. The van der Waals surface area contributed by atoms with Crippen LogP contribution in [-0.4, -0.2) is 143 Å². The second-order valence-electron chi connectivity index (χ2n) is 22.1. The summed E-state index contributed by atoms with van der Waals surface area (Å²) in [6.07, 6.45) is 3.04. The number of nitrogens with one attached hydrogen (secondary N) is 3. The van der Waals surface area contributed by atoms with Crippen molar-refractivity contribution < 1.29 is 62.2 Å². The summed E-state index contributed by atoms with van der Waals surface area (Å²) in [5, 5.41) is 18.5. The molecular formula is C62H79N7O13Si. The van der Waals surface area contributed by atoms with E-state index in [0.717, 1.165) is 51.9 Å². The van der Waals surface area contributed by atoms with Gasteiger partial charge in [-0.3, -0.25) is 24.3 Å². The lowest BCUT2D eigenvalue weighted by molar-refractivity contribution is -0.121. The molecule has 1 unspecified atom stereocenters. The maximum atomic E-state index is 14.2. The number of methoxy groups -OCH3 is 3. The van der Waals surface area contributed by atoms with E-state index >= 15 is 0 Å². The van der Waals surface area contributed by atoms with E-state index < -0.39 is 20.4 Å². The predicted octanol–water partition coefficient (Wildman–Crippen LogP) is 8.77. The van der Waals surface area contributed by atoms with Crippen LogP contribution < -0.4 is 49.8 Å². The number of anilines is 4. The van der Waals surface area contributed by atoms with Crippen molar-refractivity contribution in [3.05, 3.63) is 124 Å². The average molecular weight is 1160 g/mol. The number of hydrogen-bond donors (Lipinski definition) is 4. The standard InChI is InChI=1S/C62H79N7O13Si/c1-74-23-24-78-26-25-77-22-20-67(19-11-17-59(70)63-18-12-21-82-66-62(73)79-27-28-83(4,5)6)46-30-42(40-80-57-36-51-49(34-55(57)75-2)60(71)68-47(38-64-51)32-44-13-7-9-15-53(44)68)29-43(31-46)41-81-58-37-52-50(35-56(58)76-3)61(72)69-48(39-65-52)33-45-14-8-10-16-54(45)69/h7-10,13-16,29-31,34-38,47-48,61,65,72H,11-12,17-28,32-33,39-41H2,1-6H3,(H,63,70)(H,66,73)/t47-,48-,61?/m0/s1. The van der Waals surface area contributed by atoms with E-state index in [9.17, 15) is 19.5 Å². The summed E-state index contributed by atoms with van der Waals surface area (Å²) in [6, 6.07) is 30.2.